The minimum absolute atomic E-state index is 0.112. The lowest BCUT2D eigenvalue weighted by Gasteiger charge is -2.01. The zero-order chi connectivity index (χ0) is 15.5. The Morgan fingerprint density at radius 2 is 2.00 bits per heavy atom. The topological polar surface area (TPSA) is 83.6 Å². The van der Waals surface area contributed by atoms with Crippen molar-refractivity contribution in [1.82, 2.24) is 4.98 Å². The van der Waals surface area contributed by atoms with Crippen molar-refractivity contribution in [1.29, 1.82) is 0 Å². The summed E-state index contributed by atoms with van der Waals surface area (Å²) in [6.07, 6.45) is 1.43. The number of carbonyl (C=O) groups is 1. The second kappa shape index (κ2) is 5.73. The maximum absolute atomic E-state index is 11.1. The Hall–Kier alpha value is -3.08. The van der Waals surface area contributed by atoms with E-state index in [9.17, 15) is 9.90 Å². The first kappa shape index (κ1) is 13.9. The second-order valence-corrected chi connectivity index (χ2v) is 4.82. The molecular weight excluding hydrogens is 282 g/mol. The summed E-state index contributed by atoms with van der Waals surface area (Å²) in [4.78, 5) is 15.4. The largest absolute Gasteiger partial charge is 0.508 e. The molecule has 1 aromatic heterocycles. The lowest BCUT2D eigenvalue weighted by molar-refractivity contribution is -0.135. The number of rotatable bonds is 4. The van der Waals surface area contributed by atoms with Crippen LogP contribution < -0.4 is 0 Å². The first-order chi connectivity index (χ1) is 10.6. The Kier molecular flexibility index (Phi) is 3.62. The first-order valence-corrected chi connectivity index (χ1v) is 6.69. The standard InChI is InChI=1S/C17H13NO4/c19-13-5-3-4-11(9-13)8-12(10-16(20)21)17-18-14-6-1-2-7-15(14)22-17/h1-9,19H,10H2,(H,20,21). The highest BCUT2D eigenvalue weighted by Crippen LogP contribution is 2.26. The van der Waals surface area contributed by atoms with Gasteiger partial charge in [0, 0.05) is 5.57 Å². The van der Waals surface area contributed by atoms with Gasteiger partial charge in [0.15, 0.2) is 5.58 Å². The number of aliphatic carboxylic acids is 1. The highest BCUT2D eigenvalue weighted by molar-refractivity contribution is 5.91. The van der Waals surface area contributed by atoms with Crippen LogP contribution in [0, 0.1) is 0 Å². The maximum Gasteiger partial charge on any atom is 0.308 e. The van der Waals surface area contributed by atoms with Gasteiger partial charge in [0.1, 0.15) is 11.3 Å². The van der Waals surface area contributed by atoms with Crippen molar-refractivity contribution in [3.05, 3.63) is 60.0 Å². The molecule has 3 rings (SSSR count). The van der Waals surface area contributed by atoms with E-state index in [0.717, 1.165) is 0 Å². The number of hydrogen-bond acceptors (Lipinski definition) is 4. The molecule has 0 atom stereocenters. The molecule has 0 aliphatic carbocycles. The van der Waals surface area contributed by atoms with Gasteiger partial charge in [0.2, 0.25) is 5.89 Å². The second-order valence-electron chi connectivity index (χ2n) is 4.82. The fourth-order valence-electron chi connectivity index (χ4n) is 2.18. The van der Waals surface area contributed by atoms with E-state index in [0.29, 0.717) is 22.2 Å². The van der Waals surface area contributed by atoms with E-state index in [1.807, 2.05) is 12.1 Å². The normalized spacial score (nSPS) is 11.7. The van der Waals surface area contributed by atoms with E-state index < -0.39 is 5.97 Å². The number of phenols is 1. The Morgan fingerprint density at radius 3 is 2.73 bits per heavy atom. The highest BCUT2D eigenvalue weighted by Gasteiger charge is 2.14. The number of aromatic nitrogens is 1. The molecule has 0 radical (unpaired) electrons. The lowest BCUT2D eigenvalue weighted by atomic mass is 10.1. The number of benzene rings is 2. The van der Waals surface area contributed by atoms with Crippen LogP contribution in [0.2, 0.25) is 0 Å². The molecule has 5 nitrogen and oxygen atoms in total. The first-order valence-electron chi connectivity index (χ1n) is 6.69. The molecule has 0 saturated carbocycles. The molecule has 0 spiro atoms. The van der Waals surface area contributed by atoms with Gasteiger partial charge in [0.05, 0.1) is 6.42 Å². The smallest absolute Gasteiger partial charge is 0.308 e. The molecule has 0 unspecified atom stereocenters. The van der Waals surface area contributed by atoms with E-state index in [4.69, 9.17) is 9.52 Å². The van der Waals surface area contributed by atoms with E-state index in [-0.39, 0.29) is 18.1 Å². The summed E-state index contributed by atoms with van der Waals surface area (Å²) in [7, 11) is 0. The van der Waals surface area contributed by atoms with Gasteiger partial charge >= 0.3 is 5.97 Å². The SMILES string of the molecule is O=C(O)CC(=Cc1cccc(O)c1)c1nc2ccccc2o1. The third-order valence-electron chi connectivity index (χ3n) is 3.12. The number of carboxylic acids is 1. The molecule has 0 bridgehead atoms. The monoisotopic (exact) mass is 295 g/mol. The van der Waals surface area contributed by atoms with Crippen LogP contribution in [0.1, 0.15) is 17.9 Å². The molecule has 1 heterocycles. The van der Waals surface area contributed by atoms with Crippen LogP contribution in [0.5, 0.6) is 5.75 Å². The number of para-hydroxylation sites is 2. The van der Waals surface area contributed by atoms with Crippen molar-refractivity contribution in [2.24, 2.45) is 0 Å². The average molecular weight is 295 g/mol. The van der Waals surface area contributed by atoms with E-state index in [1.165, 1.54) is 0 Å². The molecule has 0 aliphatic rings. The number of hydrogen-bond donors (Lipinski definition) is 2. The average Bonchev–Trinajstić information content (AvgIpc) is 2.90. The van der Waals surface area contributed by atoms with Gasteiger partial charge < -0.3 is 14.6 Å². The van der Waals surface area contributed by atoms with Crippen molar-refractivity contribution in [3.63, 3.8) is 0 Å². The molecule has 2 N–H and O–H groups in total. The summed E-state index contributed by atoms with van der Waals surface area (Å²) in [5.41, 5.74) is 2.39. The Bertz CT molecular complexity index is 831. The van der Waals surface area contributed by atoms with Gasteiger partial charge in [-0.1, -0.05) is 24.3 Å². The maximum atomic E-state index is 11.1. The molecule has 22 heavy (non-hydrogen) atoms. The highest BCUT2D eigenvalue weighted by atomic mass is 16.4. The summed E-state index contributed by atoms with van der Waals surface area (Å²) < 4.78 is 5.63. The Balaban J connectivity index is 2.07. The predicted octanol–water partition coefficient (Wildman–Crippen LogP) is 3.55. The number of oxazole rings is 1. The molecule has 0 aliphatic heterocycles. The van der Waals surface area contributed by atoms with Gasteiger partial charge in [-0.2, -0.15) is 0 Å². The van der Waals surface area contributed by atoms with E-state index in [1.54, 1.807) is 42.5 Å². The summed E-state index contributed by atoms with van der Waals surface area (Å²) in [6.45, 7) is 0. The van der Waals surface area contributed by atoms with Crippen molar-refractivity contribution in [2.45, 2.75) is 6.42 Å². The van der Waals surface area contributed by atoms with Crippen LogP contribution in [0.15, 0.2) is 52.9 Å². The molecule has 110 valence electrons. The third kappa shape index (κ3) is 2.98. The predicted molar refractivity (Wildman–Crippen MR) is 82.2 cm³/mol. The summed E-state index contributed by atoms with van der Waals surface area (Å²) in [6, 6.07) is 13.8. The summed E-state index contributed by atoms with van der Waals surface area (Å²) >= 11 is 0. The van der Waals surface area contributed by atoms with Crippen LogP contribution in [-0.4, -0.2) is 21.2 Å². The molecule has 0 fully saturated rings. The number of aromatic hydroxyl groups is 1. The van der Waals surface area contributed by atoms with Crippen molar-refractivity contribution < 1.29 is 19.4 Å². The molecule has 5 heteroatoms. The third-order valence-corrected chi connectivity index (χ3v) is 3.12. The quantitative estimate of drug-likeness (QED) is 0.769. The van der Waals surface area contributed by atoms with Gasteiger partial charge in [-0.05, 0) is 35.9 Å². The van der Waals surface area contributed by atoms with Crippen molar-refractivity contribution >= 4 is 28.7 Å². The van der Waals surface area contributed by atoms with Crippen LogP contribution in [-0.2, 0) is 4.79 Å². The number of carboxylic acid groups (broad SMARTS) is 1. The van der Waals surface area contributed by atoms with Gasteiger partial charge in [-0.15, -0.1) is 0 Å². The van der Waals surface area contributed by atoms with Crippen LogP contribution in [0.25, 0.3) is 22.7 Å². The van der Waals surface area contributed by atoms with Crippen molar-refractivity contribution in [3.8, 4) is 5.75 Å². The van der Waals surface area contributed by atoms with Crippen LogP contribution in [0.4, 0.5) is 0 Å². The molecular formula is C17H13NO4. The summed E-state index contributed by atoms with van der Waals surface area (Å²) in [5.74, 6) is -0.596. The van der Waals surface area contributed by atoms with E-state index >= 15 is 0 Å². The number of nitrogens with zero attached hydrogens (tertiary/aromatic N) is 1. The van der Waals surface area contributed by atoms with Crippen LogP contribution >= 0.6 is 0 Å². The molecule has 0 amide bonds. The summed E-state index contributed by atoms with van der Waals surface area (Å²) in [5, 5.41) is 18.6. The number of fused-ring (bicyclic) bond motifs is 1. The zero-order valence-electron chi connectivity index (χ0n) is 11.6. The van der Waals surface area contributed by atoms with Crippen LogP contribution in [0.3, 0.4) is 0 Å². The fraction of sp³-hybridized carbons (Fsp3) is 0.0588. The van der Waals surface area contributed by atoms with Gasteiger partial charge in [-0.25, -0.2) is 4.98 Å². The lowest BCUT2D eigenvalue weighted by Crippen LogP contribution is -1.97. The minimum Gasteiger partial charge on any atom is -0.508 e. The number of phenolic OH excluding ortho intramolecular Hbond substituents is 1. The molecule has 0 saturated heterocycles. The Morgan fingerprint density at radius 1 is 1.18 bits per heavy atom. The minimum atomic E-state index is -0.978. The van der Waals surface area contributed by atoms with Gasteiger partial charge in [-0.3, -0.25) is 4.79 Å². The zero-order valence-corrected chi connectivity index (χ0v) is 11.6. The van der Waals surface area contributed by atoms with E-state index in [2.05, 4.69) is 4.98 Å². The van der Waals surface area contributed by atoms with Gasteiger partial charge in [0.25, 0.3) is 0 Å². The van der Waals surface area contributed by atoms with Crippen molar-refractivity contribution in [2.75, 3.05) is 0 Å². The fourth-order valence-corrected chi connectivity index (χ4v) is 2.18. The molecule has 3 aromatic rings. The molecule has 2 aromatic carbocycles. The Labute approximate surface area is 126 Å².